The van der Waals surface area contributed by atoms with Crippen LogP contribution in [-0.4, -0.2) is 0 Å². The molecule has 0 amide bonds. The molecule has 0 saturated carbocycles. The number of nitrogen functional groups attached to an aromatic ring is 2. The lowest BCUT2D eigenvalue weighted by Gasteiger charge is -2.10. The highest BCUT2D eigenvalue weighted by molar-refractivity contribution is 6.19. The summed E-state index contributed by atoms with van der Waals surface area (Å²) in [6.07, 6.45) is 0. The number of benzene rings is 4. The van der Waals surface area contributed by atoms with Crippen molar-refractivity contribution in [3.63, 3.8) is 0 Å². The van der Waals surface area contributed by atoms with E-state index in [4.69, 9.17) is 11.5 Å². The van der Waals surface area contributed by atoms with Gasteiger partial charge in [0.15, 0.2) is 0 Å². The average molecular weight is 258 g/mol. The molecule has 0 bridgehead atoms. The van der Waals surface area contributed by atoms with E-state index in [0.29, 0.717) is 11.4 Å². The van der Waals surface area contributed by atoms with Crippen LogP contribution in [0.2, 0.25) is 0 Å². The van der Waals surface area contributed by atoms with Crippen LogP contribution in [0.5, 0.6) is 0 Å². The highest BCUT2D eigenvalue weighted by Crippen LogP contribution is 2.35. The molecule has 0 heterocycles. The fraction of sp³-hybridized carbons (Fsp3) is 0. The summed E-state index contributed by atoms with van der Waals surface area (Å²) >= 11 is 0. The van der Waals surface area contributed by atoms with Gasteiger partial charge in [0, 0.05) is 5.39 Å². The first-order valence-electron chi connectivity index (χ1n) is 6.64. The number of anilines is 2. The zero-order chi connectivity index (χ0) is 13.7. The third-order valence-corrected chi connectivity index (χ3v) is 4.00. The molecule has 0 spiro atoms. The second kappa shape index (κ2) is 3.87. The summed E-state index contributed by atoms with van der Waals surface area (Å²) in [5.41, 5.74) is 13.3. The summed E-state index contributed by atoms with van der Waals surface area (Å²) in [5, 5.41) is 7.16. The molecule has 0 aromatic heterocycles. The molecule has 4 rings (SSSR count). The highest BCUT2D eigenvalue weighted by atomic mass is 14.7. The number of hydrogen-bond acceptors (Lipinski definition) is 2. The summed E-state index contributed by atoms with van der Waals surface area (Å²) < 4.78 is 0. The van der Waals surface area contributed by atoms with Gasteiger partial charge in [-0.05, 0) is 33.0 Å². The van der Waals surface area contributed by atoms with Crippen molar-refractivity contribution in [1.29, 1.82) is 0 Å². The van der Waals surface area contributed by atoms with Crippen molar-refractivity contribution in [2.75, 3.05) is 11.5 Å². The Balaban J connectivity index is 2.26. The van der Waals surface area contributed by atoms with Crippen LogP contribution in [0.3, 0.4) is 0 Å². The van der Waals surface area contributed by atoms with Gasteiger partial charge in [0.1, 0.15) is 0 Å². The van der Waals surface area contributed by atoms with Gasteiger partial charge in [-0.1, -0.05) is 54.6 Å². The van der Waals surface area contributed by atoms with Gasteiger partial charge in [0.25, 0.3) is 0 Å². The van der Waals surface area contributed by atoms with Crippen molar-refractivity contribution < 1.29 is 0 Å². The summed E-state index contributed by atoms with van der Waals surface area (Å²) in [7, 11) is 0. The van der Waals surface area contributed by atoms with Gasteiger partial charge in [-0.25, -0.2) is 0 Å². The molecular formula is C18H14N2. The second-order valence-corrected chi connectivity index (χ2v) is 5.11. The zero-order valence-electron chi connectivity index (χ0n) is 10.9. The zero-order valence-corrected chi connectivity index (χ0v) is 10.9. The molecular weight excluding hydrogens is 244 g/mol. The Kier molecular flexibility index (Phi) is 2.15. The Bertz CT molecular complexity index is 971. The monoisotopic (exact) mass is 258 g/mol. The van der Waals surface area contributed by atoms with Crippen molar-refractivity contribution in [2.45, 2.75) is 0 Å². The standard InChI is InChI=1S/C18H14N2/c19-17-10-9-15-14-6-5-11-3-1-2-4-12(11)13(14)7-8-16(15)18(17)20/h1-10H,19-20H2. The summed E-state index contributed by atoms with van der Waals surface area (Å²) in [4.78, 5) is 0. The van der Waals surface area contributed by atoms with E-state index in [0.717, 1.165) is 10.8 Å². The van der Waals surface area contributed by atoms with E-state index in [1.807, 2.05) is 6.07 Å². The molecule has 4 N–H and O–H groups in total. The fourth-order valence-electron chi connectivity index (χ4n) is 2.94. The lowest BCUT2D eigenvalue weighted by atomic mass is 9.96. The molecule has 0 aliphatic rings. The third-order valence-electron chi connectivity index (χ3n) is 4.00. The quantitative estimate of drug-likeness (QED) is 0.365. The van der Waals surface area contributed by atoms with Crippen molar-refractivity contribution in [1.82, 2.24) is 0 Å². The number of fused-ring (bicyclic) bond motifs is 5. The Labute approximate surface area is 116 Å². The number of nitrogens with two attached hydrogens (primary N) is 2. The largest absolute Gasteiger partial charge is 0.397 e. The van der Waals surface area contributed by atoms with Gasteiger partial charge in [0.05, 0.1) is 11.4 Å². The lowest BCUT2D eigenvalue weighted by Crippen LogP contribution is -1.95. The van der Waals surface area contributed by atoms with Crippen LogP contribution in [0.25, 0.3) is 32.3 Å². The molecule has 20 heavy (non-hydrogen) atoms. The van der Waals surface area contributed by atoms with Crippen LogP contribution >= 0.6 is 0 Å². The lowest BCUT2D eigenvalue weighted by molar-refractivity contribution is 1.73. The Morgan fingerprint density at radius 2 is 1.10 bits per heavy atom. The molecule has 0 saturated heterocycles. The molecule has 0 fully saturated rings. The topological polar surface area (TPSA) is 52.0 Å². The molecule has 0 radical (unpaired) electrons. The van der Waals surface area contributed by atoms with E-state index < -0.39 is 0 Å². The van der Waals surface area contributed by atoms with Crippen LogP contribution in [0.1, 0.15) is 0 Å². The first-order chi connectivity index (χ1) is 9.75. The van der Waals surface area contributed by atoms with E-state index in [-0.39, 0.29) is 0 Å². The van der Waals surface area contributed by atoms with Gasteiger partial charge >= 0.3 is 0 Å². The number of hydrogen-bond donors (Lipinski definition) is 2. The van der Waals surface area contributed by atoms with Gasteiger partial charge < -0.3 is 11.5 Å². The van der Waals surface area contributed by atoms with Gasteiger partial charge in [0.2, 0.25) is 0 Å². The van der Waals surface area contributed by atoms with Crippen LogP contribution < -0.4 is 11.5 Å². The predicted octanol–water partition coefficient (Wildman–Crippen LogP) is 4.31. The maximum absolute atomic E-state index is 6.10. The minimum atomic E-state index is 0.637. The summed E-state index contributed by atoms with van der Waals surface area (Å²) in [5.74, 6) is 0. The molecule has 0 aliphatic heterocycles. The van der Waals surface area contributed by atoms with Crippen molar-refractivity contribution in [2.24, 2.45) is 0 Å². The van der Waals surface area contributed by atoms with Gasteiger partial charge in [-0.3, -0.25) is 0 Å². The Morgan fingerprint density at radius 3 is 2.00 bits per heavy atom. The Hall–Kier alpha value is -2.74. The molecule has 4 aromatic rings. The van der Waals surface area contributed by atoms with Crippen LogP contribution in [-0.2, 0) is 0 Å². The van der Waals surface area contributed by atoms with E-state index in [1.165, 1.54) is 21.5 Å². The maximum atomic E-state index is 6.10. The van der Waals surface area contributed by atoms with Crippen molar-refractivity contribution in [3.05, 3.63) is 60.7 Å². The molecule has 2 nitrogen and oxygen atoms in total. The molecule has 0 atom stereocenters. The van der Waals surface area contributed by atoms with Gasteiger partial charge in [-0.15, -0.1) is 0 Å². The first-order valence-corrected chi connectivity index (χ1v) is 6.64. The normalized spacial score (nSPS) is 11.4. The average Bonchev–Trinajstić information content (AvgIpc) is 2.50. The molecule has 2 heteroatoms. The molecule has 96 valence electrons. The van der Waals surface area contributed by atoms with E-state index in [1.54, 1.807) is 0 Å². The van der Waals surface area contributed by atoms with E-state index in [9.17, 15) is 0 Å². The second-order valence-electron chi connectivity index (χ2n) is 5.11. The Morgan fingerprint density at radius 1 is 0.500 bits per heavy atom. The number of rotatable bonds is 0. The minimum Gasteiger partial charge on any atom is -0.397 e. The summed E-state index contributed by atoms with van der Waals surface area (Å²) in [6, 6.07) is 20.9. The molecule has 4 aromatic carbocycles. The maximum Gasteiger partial charge on any atom is 0.0627 e. The van der Waals surface area contributed by atoms with Gasteiger partial charge in [-0.2, -0.15) is 0 Å². The summed E-state index contributed by atoms with van der Waals surface area (Å²) in [6.45, 7) is 0. The van der Waals surface area contributed by atoms with E-state index >= 15 is 0 Å². The van der Waals surface area contributed by atoms with Crippen molar-refractivity contribution in [3.8, 4) is 0 Å². The van der Waals surface area contributed by atoms with Crippen LogP contribution in [0, 0.1) is 0 Å². The van der Waals surface area contributed by atoms with E-state index in [2.05, 4.69) is 54.6 Å². The van der Waals surface area contributed by atoms with Crippen molar-refractivity contribution >= 4 is 43.7 Å². The third kappa shape index (κ3) is 1.39. The highest BCUT2D eigenvalue weighted by Gasteiger charge is 2.07. The molecule has 0 aliphatic carbocycles. The smallest absolute Gasteiger partial charge is 0.0627 e. The molecule has 0 unspecified atom stereocenters. The first kappa shape index (κ1) is 11.1. The predicted molar refractivity (Wildman–Crippen MR) is 87.8 cm³/mol. The fourth-order valence-corrected chi connectivity index (χ4v) is 2.94. The van der Waals surface area contributed by atoms with Crippen LogP contribution in [0.4, 0.5) is 11.4 Å². The minimum absolute atomic E-state index is 0.637. The SMILES string of the molecule is Nc1ccc2c(ccc3c4ccccc4ccc23)c1N. The van der Waals surface area contributed by atoms with Crippen LogP contribution in [0.15, 0.2) is 60.7 Å².